The van der Waals surface area contributed by atoms with Crippen molar-refractivity contribution in [1.82, 2.24) is 9.97 Å². The molecular weight excluding hydrogens is 292 g/mol. The Morgan fingerprint density at radius 2 is 1.00 bits per heavy atom. The highest BCUT2D eigenvalue weighted by atomic mass is 14.7. The summed E-state index contributed by atoms with van der Waals surface area (Å²) in [6, 6.07) is 30.7. The Morgan fingerprint density at radius 1 is 0.458 bits per heavy atom. The SMILES string of the molecule is c1ccc(-c2cc(-c3ccccn3)cc(-c3ccccc3)n2)cc1. The molecule has 4 rings (SSSR count). The van der Waals surface area contributed by atoms with Gasteiger partial charge in [-0.05, 0) is 24.3 Å². The van der Waals surface area contributed by atoms with Crippen molar-refractivity contribution in [2.75, 3.05) is 0 Å². The summed E-state index contributed by atoms with van der Waals surface area (Å²) in [4.78, 5) is 9.36. The molecule has 0 spiro atoms. The summed E-state index contributed by atoms with van der Waals surface area (Å²) in [6.45, 7) is 0. The van der Waals surface area contributed by atoms with Crippen molar-refractivity contribution in [3.8, 4) is 33.8 Å². The van der Waals surface area contributed by atoms with E-state index in [0.29, 0.717) is 0 Å². The van der Waals surface area contributed by atoms with Crippen LogP contribution in [0.25, 0.3) is 33.8 Å². The molecule has 0 aliphatic carbocycles. The summed E-state index contributed by atoms with van der Waals surface area (Å²) in [6.07, 6.45) is 1.82. The maximum absolute atomic E-state index is 4.87. The number of rotatable bonds is 3. The second-order valence-corrected chi connectivity index (χ2v) is 5.57. The van der Waals surface area contributed by atoms with Gasteiger partial charge in [0.05, 0.1) is 17.1 Å². The number of hydrogen-bond donors (Lipinski definition) is 0. The lowest BCUT2D eigenvalue weighted by Crippen LogP contribution is -1.92. The average Bonchev–Trinajstić information content (AvgIpc) is 2.70. The zero-order valence-corrected chi connectivity index (χ0v) is 13.1. The van der Waals surface area contributed by atoms with E-state index in [1.54, 1.807) is 0 Å². The predicted molar refractivity (Wildman–Crippen MR) is 98.3 cm³/mol. The van der Waals surface area contributed by atoms with Crippen LogP contribution >= 0.6 is 0 Å². The number of aromatic nitrogens is 2. The third-order valence-electron chi connectivity index (χ3n) is 3.93. The maximum Gasteiger partial charge on any atom is 0.0716 e. The normalized spacial score (nSPS) is 10.5. The lowest BCUT2D eigenvalue weighted by Gasteiger charge is -2.09. The van der Waals surface area contributed by atoms with Crippen LogP contribution in [0.3, 0.4) is 0 Å². The second-order valence-electron chi connectivity index (χ2n) is 5.57. The van der Waals surface area contributed by atoms with Crippen LogP contribution in [0.1, 0.15) is 0 Å². The van der Waals surface area contributed by atoms with Gasteiger partial charge in [-0.3, -0.25) is 4.98 Å². The molecule has 2 aromatic heterocycles. The third kappa shape index (κ3) is 2.95. The second kappa shape index (κ2) is 6.47. The van der Waals surface area contributed by atoms with Crippen LogP contribution < -0.4 is 0 Å². The van der Waals surface area contributed by atoms with Crippen LogP contribution in [0.5, 0.6) is 0 Å². The molecule has 0 saturated heterocycles. The lowest BCUT2D eigenvalue weighted by molar-refractivity contribution is 1.29. The van der Waals surface area contributed by atoms with Gasteiger partial charge in [0.25, 0.3) is 0 Å². The van der Waals surface area contributed by atoms with Gasteiger partial charge in [-0.1, -0.05) is 66.7 Å². The van der Waals surface area contributed by atoms with Gasteiger partial charge in [0.2, 0.25) is 0 Å². The number of pyridine rings is 2. The van der Waals surface area contributed by atoms with E-state index in [4.69, 9.17) is 4.98 Å². The van der Waals surface area contributed by atoms with Crippen LogP contribution in [0, 0.1) is 0 Å². The first-order valence-electron chi connectivity index (χ1n) is 7.94. The monoisotopic (exact) mass is 308 g/mol. The summed E-state index contributed by atoms with van der Waals surface area (Å²) < 4.78 is 0. The molecule has 24 heavy (non-hydrogen) atoms. The largest absolute Gasteiger partial charge is 0.256 e. The Labute approximate surface area is 141 Å². The molecule has 0 unspecified atom stereocenters. The van der Waals surface area contributed by atoms with Crippen molar-refractivity contribution in [3.05, 3.63) is 97.2 Å². The van der Waals surface area contributed by atoms with Crippen LogP contribution in [0.15, 0.2) is 97.2 Å². The van der Waals surface area contributed by atoms with Gasteiger partial charge in [-0.25, -0.2) is 4.98 Å². The topological polar surface area (TPSA) is 25.8 Å². The Balaban J connectivity index is 1.92. The van der Waals surface area contributed by atoms with Gasteiger partial charge in [0, 0.05) is 22.9 Å². The molecule has 114 valence electrons. The van der Waals surface area contributed by atoms with Gasteiger partial charge < -0.3 is 0 Å². The first kappa shape index (κ1) is 14.3. The standard InChI is InChI=1S/C22H16N2/c1-3-9-17(10-4-1)21-15-19(20-13-7-8-14-23-20)16-22(24-21)18-11-5-2-6-12-18/h1-16H. The molecule has 2 nitrogen and oxygen atoms in total. The summed E-state index contributed by atoms with van der Waals surface area (Å²) >= 11 is 0. The van der Waals surface area contributed by atoms with Crippen molar-refractivity contribution in [3.63, 3.8) is 0 Å². The molecule has 2 heteroatoms. The van der Waals surface area contributed by atoms with Crippen LogP contribution in [0.2, 0.25) is 0 Å². The van der Waals surface area contributed by atoms with E-state index in [0.717, 1.165) is 33.8 Å². The molecule has 0 N–H and O–H groups in total. The molecule has 2 heterocycles. The molecular formula is C22H16N2. The van der Waals surface area contributed by atoms with Crippen LogP contribution in [0.4, 0.5) is 0 Å². The van der Waals surface area contributed by atoms with E-state index in [1.165, 1.54) is 0 Å². The number of hydrogen-bond acceptors (Lipinski definition) is 2. The van der Waals surface area contributed by atoms with Crippen LogP contribution in [-0.2, 0) is 0 Å². The summed E-state index contributed by atoms with van der Waals surface area (Å²) in [5.74, 6) is 0. The Morgan fingerprint density at radius 3 is 1.50 bits per heavy atom. The first-order valence-corrected chi connectivity index (χ1v) is 7.94. The van der Waals surface area contributed by atoms with Crippen molar-refractivity contribution in [2.45, 2.75) is 0 Å². The maximum atomic E-state index is 4.87. The fourth-order valence-electron chi connectivity index (χ4n) is 2.73. The molecule has 0 fully saturated rings. The average molecular weight is 308 g/mol. The van der Waals surface area contributed by atoms with Crippen molar-refractivity contribution < 1.29 is 0 Å². The Bertz CT molecular complexity index is 794. The van der Waals surface area contributed by atoms with E-state index in [1.807, 2.05) is 60.8 Å². The summed E-state index contributed by atoms with van der Waals surface area (Å²) in [5.41, 5.74) is 6.15. The zero-order valence-electron chi connectivity index (χ0n) is 13.1. The van der Waals surface area contributed by atoms with Gasteiger partial charge in [0.1, 0.15) is 0 Å². The van der Waals surface area contributed by atoms with E-state index in [2.05, 4.69) is 41.4 Å². The highest BCUT2D eigenvalue weighted by Gasteiger charge is 2.09. The molecule has 0 atom stereocenters. The minimum Gasteiger partial charge on any atom is -0.256 e. The van der Waals surface area contributed by atoms with Crippen molar-refractivity contribution in [2.24, 2.45) is 0 Å². The number of nitrogens with zero attached hydrogens (tertiary/aromatic N) is 2. The minimum atomic E-state index is 0.953. The first-order chi connectivity index (χ1) is 11.9. The molecule has 0 radical (unpaired) electrons. The van der Waals surface area contributed by atoms with Gasteiger partial charge >= 0.3 is 0 Å². The molecule has 2 aromatic carbocycles. The third-order valence-corrected chi connectivity index (χ3v) is 3.93. The van der Waals surface area contributed by atoms with Gasteiger partial charge in [-0.15, -0.1) is 0 Å². The fraction of sp³-hybridized carbons (Fsp3) is 0. The van der Waals surface area contributed by atoms with Gasteiger partial charge in [0.15, 0.2) is 0 Å². The smallest absolute Gasteiger partial charge is 0.0716 e. The van der Waals surface area contributed by atoms with E-state index in [-0.39, 0.29) is 0 Å². The fourth-order valence-corrected chi connectivity index (χ4v) is 2.73. The molecule has 0 saturated carbocycles. The highest BCUT2D eigenvalue weighted by Crippen LogP contribution is 2.29. The Kier molecular flexibility index (Phi) is 3.86. The zero-order chi connectivity index (χ0) is 16.2. The van der Waals surface area contributed by atoms with E-state index < -0.39 is 0 Å². The van der Waals surface area contributed by atoms with Crippen LogP contribution in [-0.4, -0.2) is 9.97 Å². The quantitative estimate of drug-likeness (QED) is 0.501. The van der Waals surface area contributed by atoms with E-state index in [9.17, 15) is 0 Å². The lowest BCUT2D eigenvalue weighted by atomic mass is 10.0. The summed E-state index contributed by atoms with van der Waals surface area (Å²) in [7, 11) is 0. The predicted octanol–water partition coefficient (Wildman–Crippen LogP) is 5.48. The molecule has 4 aromatic rings. The van der Waals surface area contributed by atoms with Crippen molar-refractivity contribution in [1.29, 1.82) is 0 Å². The molecule has 0 amide bonds. The molecule has 0 aliphatic heterocycles. The number of benzene rings is 2. The van der Waals surface area contributed by atoms with Crippen molar-refractivity contribution >= 4 is 0 Å². The van der Waals surface area contributed by atoms with E-state index >= 15 is 0 Å². The molecule has 0 bridgehead atoms. The highest BCUT2D eigenvalue weighted by molar-refractivity contribution is 5.75. The van der Waals surface area contributed by atoms with Gasteiger partial charge in [-0.2, -0.15) is 0 Å². The summed E-state index contributed by atoms with van der Waals surface area (Å²) in [5, 5.41) is 0. The Hall–Kier alpha value is -3.26. The minimum absolute atomic E-state index is 0.953. The molecule has 0 aliphatic rings.